The van der Waals surface area contributed by atoms with Gasteiger partial charge in [-0.1, -0.05) is 6.07 Å². The van der Waals surface area contributed by atoms with E-state index in [-0.39, 0.29) is 5.91 Å². The summed E-state index contributed by atoms with van der Waals surface area (Å²) in [5, 5.41) is 6.49. The molecule has 0 spiro atoms. The zero-order valence-corrected chi connectivity index (χ0v) is 12.1. The van der Waals surface area contributed by atoms with Crippen molar-refractivity contribution in [2.24, 2.45) is 5.92 Å². The summed E-state index contributed by atoms with van der Waals surface area (Å²) in [6.45, 7) is 3.05. The highest BCUT2D eigenvalue weighted by molar-refractivity contribution is 5.94. The predicted octanol–water partition coefficient (Wildman–Crippen LogP) is 2.29. The van der Waals surface area contributed by atoms with Crippen molar-refractivity contribution in [2.45, 2.75) is 38.5 Å². The van der Waals surface area contributed by atoms with Crippen LogP contribution in [0.3, 0.4) is 0 Å². The molecule has 1 aliphatic carbocycles. The summed E-state index contributed by atoms with van der Waals surface area (Å²) in [7, 11) is 0. The van der Waals surface area contributed by atoms with Gasteiger partial charge in [-0.2, -0.15) is 0 Å². The van der Waals surface area contributed by atoms with Gasteiger partial charge in [-0.25, -0.2) is 0 Å². The van der Waals surface area contributed by atoms with Crippen LogP contribution in [0.2, 0.25) is 0 Å². The van der Waals surface area contributed by atoms with Gasteiger partial charge in [0, 0.05) is 12.1 Å². The number of amides is 1. The van der Waals surface area contributed by atoms with Crippen LogP contribution in [0.15, 0.2) is 18.2 Å². The van der Waals surface area contributed by atoms with Crippen molar-refractivity contribution < 1.29 is 4.79 Å². The van der Waals surface area contributed by atoms with Gasteiger partial charge in [0.25, 0.3) is 5.91 Å². The Kier molecular flexibility index (Phi) is 4.36. The highest BCUT2D eigenvalue weighted by Crippen LogP contribution is 2.22. The zero-order valence-electron chi connectivity index (χ0n) is 12.1. The molecule has 1 heterocycles. The fraction of sp³-hybridized carbons (Fsp3) is 0.588. The highest BCUT2D eigenvalue weighted by Gasteiger charge is 2.15. The van der Waals surface area contributed by atoms with Crippen LogP contribution in [0, 0.1) is 5.92 Å². The summed E-state index contributed by atoms with van der Waals surface area (Å²) in [4.78, 5) is 12.2. The van der Waals surface area contributed by atoms with E-state index in [4.69, 9.17) is 0 Å². The Bertz CT molecular complexity index is 478. The SMILES string of the molecule is O=C(NCCC1CCCNC1)c1ccc2c(c1)CCC2. The molecule has 1 saturated heterocycles. The molecule has 3 heteroatoms. The number of rotatable bonds is 4. The number of hydrogen-bond donors (Lipinski definition) is 2. The van der Waals surface area contributed by atoms with Gasteiger partial charge in [-0.05, 0) is 80.8 Å². The second-order valence-electron chi connectivity index (χ2n) is 6.09. The smallest absolute Gasteiger partial charge is 0.251 e. The van der Waals surface area contributed by atoms with E-state index < -0.39 is 0 Å². The number of fused-ring (bicyclic) bond motifs is 1. The van der Waals surface area contributed by atoms with Gasteiger partial charge >= 0.3 is 0 Å². The molecule has 0 aromatic heterocycles. The van der Waals surface area contributed by atoms with Crippen molar-refractivity contribution in [3.8, 4) is 0 Å². The van der Waals surface area contributed by atoms with Gasteiger partial charge in [0.05, 0.1) is 0 Å². The average molecular weight is 272 g/mol. The second kappa shape index (κ2) is 6.40. The van der Waals surface area contributed by atoms with Gasteiger partial charge < -0.3 is 10.6 Å². The largest absolute Gasteiger partial charge is 0.352 e. The maximum absolute atomic E-state index is 12.2. The summed E-state index contributed by atoms with van der Waals surface area (Å²) in [5.41, 5.74) is 3.62. The van der Waals surface area contributed by atoms with Gasteiger partial charge in [0.2, 0.25) is 0 Å². The van der Waals surface area contributed by atoms with E-state index in [0.29, 0.717) is 0 Å². The fourth-order valence-corrected chi connectivity index (χ4v) is 3.38. The summed E-state index contributed by atoms with van der Waals surface area (Å²) >= 11 is 0. The Labute approximate surface area is 121 Å². The topological polar surface area (TPSA) is 41.1 Å². The normalized spacial score (nSPS) is 21.5. The summed E-state index contributed by atoms with van der Waals surface area (Å²) in [5.74, 6) is 0.813. The molecule has 3 nitrogen and oxygen atoms in total. The van der Waals surface area contributed by atoms with E-state index in [0.717, 1.165) is 44.0 Å². The van der Waals surface area contributed by atoms with Crippen molar-refractivity contribution >= 4 is 5.91 Å². The predicted molar refractivity (Wildman–Crippen MR) is 81.0 cm³/mol. The highest BCUT2D eigenvalue weighted by atomic mass is 16.1. The van der Waals surface area contributed by atoms with Gasteiger partial charge in [0.1, 0.15) is 0 Å². The first-order valence-corrected chi connectivity index (χ1v) is 7.93. The minimum Gasteiger partial charge on any atom is -0.352 e. The number of nitrogens with one attached hydrogen (secondary N) is 2. The molecule has 0 radical (unpaired) electrons. The first-order valence-electron chi connectivity index (χ1n) is 7.93. The lowest BCUT2D eigenvalue weighted by Crippen LogP contribution is -2.33. The molecule has 2 N–H and O–H groups in total. The lowest BCUT2D eigenvalue weighted by Gasteiger charge is -2.22. The molecule has 1 aliphatic heterocycles. The van der Waals surface area contributed by atoms with E-state index in [9.17, 15) is 4.79 Å². The Hall–Kier alpha value is -1.35. The average Bonchev–Trinajstić information content (AvgIpc) is 2.95. The van der Waals surface area contributed by atoms with E-state index >= 15 is 0 Å². The van der Waals surface area contributed by atoms with Crippen LogP contribution >= 0.6 is 0 Å². The lowest BCUT2D eigenvalue weighted by molar-refractivity contribution is 0.0950. The number of benzene rings is 1. The van der Waals surface area contributed by atoms with Crippen molar-refractivity contribution in [1.82, 2.24) is 10.6 Å². The summed E-state index contributed by atoms with van der Waals surface area (Å²) in [6.07, 6.45) is 7.18. The summed E-state index contributed by atoms with van der Waals surface area (Å²) in [6, 6.07) is 6.18. The molecular weight excluding hydrogens is 248 g/mol. The molecule has 108 valence electrons. The molecule has 0 bridgehead atoms. The quantitative estimate of drug-likeness (QED) is 0.883. The third-order valence-corrected chi connectivity index (χ3v) is 4.60. The van der Waals surface area contributed by atoms with Crippen LogP contribution in [0.4, 0.5) is 0 Å². The monoisotopic (exact) mass is 272 g/mol. The molecule has 1 fully saturated rings. The van der Waals surface area contributed by atoms with Crippen LogP contribution in [0.25, 0.3) is 0 Å². The molecule has 2 aliphatic rings. The Balaban J connectivity index is 1.49. The van der Waals surface area contributed by atoms with Crippen LogP contribution in [-0.4, -0.2) is 25.5 Å². The van der Waals surface area contributed by atoms with Gasteiger partial charge in [-0.3, -0.25) is 4.79 Å². The first kappa shape index (κ1) is 13.6. The van der Waals surface area contributed by atoms with E-state index in [1.54, 1.807) is 0 Å². The molecule has 3 rings (SSSR count). The van der Waals surface area contributed by atoms with Crippen LogP contribution in [-0.2, 0) is 12.8 Å². The van der Waals surface area contributed by atoms with Gasteiger partial charge in [-0.15, -0.1) is 0 Å². The standard InChI is InChI=1S/C17H24N2O/c20-17(19-10-8-13-3-2-9-18-12-13)16-7-6-14-4-1-5-15(14)11-16/h6-7,11,13,18H,1-5,8-10,12H2,(H,19,20). The maximum atomic E-state index is 12.2. The molecular formula is C17H24N2O. The van der Waals surface area contributed by atoms with Crippen molar-refractivity contribution in [3.05, 3.63) is 34.9 Å². The minimum absolute atomic E-state index is 0.0865. The van der Waals surface area contributed by atoms with Crippen molar-refractivity contribution in [3.63, 3.8) is 0 Å². The minimum atomic E-state index is 0.0865. The number of hydrogen-bond acceptors (Lipinski definition) is 2. The van der Waals surface area contributed by atoms with Crippen LogP contribution in [0.1, 0.15) is 47.2 Å². The van der Waals surface area contributed by atoms with E-state index in [1.165, 1.54) is 36.8 Å². The third-order valence-electron chi connectivity index (χ3n) is 4.60. The van der Waals surface area contributed by atoms with E-state index in [2.05, 4.69) is 22.8 Å². The van der Waals surface area contributed by atoms with Crippen LogP contribution in [0.5, 0.6) is 0 Å². The Morgan fingerprint density at radius 2 is 2.15 bits per heavy atom. The maximum Gasteiger partial charge on any atom is 0.251 e. The molecule has 1 aromatic rings. The second-order valence-corrected chi connectivity index (χ2v) is 6.09. The van der Waals surface area contributed by atoms with E-state index in [1.807, 2.05) is 6.07 Å². The molecule has 1 amide bonds. The third kappa shape index (κ3) is 3.21. The zero-order chi connectivity index (χ0) is 13.8. The van der Waals surface area contributed by atoms with Crippen molar-refractivity contribution in [2.75, 3.05) is 19.6 Å². The fourth-order valence-electron chi connectivity index (χ4n) is 3.38. The molecule has 20 heavy (non-hydrogen) atoms. The Morgan fingerprint density at radius 3 is 3.00 bits per heavy atom. The number of carbonyl (C=O) groups is 1. The van der Waals surface area contributed by atoms with Crippen LogP contribution < -0.4 is 10.6 Å². The number of carbonyl (C=O) groups excluding carboxylic acids is 1. The molecule has 0 saturated carbocycles. The molecule has 1 atom stereocenters. The Morgan fingerprint density at radius 1 is 1.25 bits per heavy atom. The first-order chi connectivity index (χ1) is 9.83. The number of aryl methyl sites for hydroxylation is 2. The molecule has 1 unspecified atom stereocenters. The summed E-state index contributed by atoms with van der Waals surface area (Å²) < 4.78 is 0. The van der Waals surface area contributed by atoms with Gasteiger partial charge in [0.15, 0.2) is 0 Å². The lowest BCUT2D eigenvalue weighted by atomic mass is 9.96. The number of piperidine rings is 1. The molecule has 1 aromatic carbocycles. The van der Waals surface area contributed by atoms with Crippen molar-refractivity contribution in [1.29, 1.82) is 0 Å².